The Morgan fingerprint density at radius 1 is 1.29 bits per heavy atom. The number of aromatic nitrogens is 2. The molecule has 0 amide bonds. The lowest BCUT2D eigenvalue weighted by atomic mass is 9.86. The molecule has 3 rings (SSSR count). The van der Waals surface area contributed by atoms with E-state index in [2.05, 4.69) is 17.2 Å². The third-order valence-electron chi connectivity index (χ3n) is 4.70. The Labute approximate surface area is 126 Å². The van der Waals surface area contributed by atoms with Crippen molar-refractivity contribution in [3.05, 3.63) is 36.7 Å². The molecule has 112 valence electrons. The molecule has 1 heterocycles. The van der Waals surface area contributed by atoms with Crippen molar-refractivity contribution in [2.45, 2.75) is 51.5 Å². The first-order valence-electron chi connectivity index (χ1n) is 8.14. The van der Waals surface area contributed by atoms with E-state index < -0.39 is 0 Å². The molecular weight excluding hydrogens is 258 g/mol. The highest BCUT2D eigenvalue weighted by molar-refractivity contribution is 5.87. The van der Waals surface area contributed by atoms with Gasteiger partial charge in [0.05, 0.1) is 11.2 Å². The molecule has 21 heavy (non-hydrogen) atoms. The molecule has 0 unspecified atom stereocenters. The van der Waals surface area contributed by atoms with E-state index in [-0.39, 0.29) is 0 Å². The average molecular weight is 283 g/mol. The number of aryl methyl sites for hydroxylation is 1. The minimum atomic E-state index is 0.772. The Kier molecular flexibility index (Phi) is 4.28. The summed E-state index contributed by atoms with van der Waals surface area (Å²) in [5.41, 5.74) is 8.92. The van der Waals surface area contributed by atoms with Gasteiger partial charge in [0.1, 0.15) is 11.3 Å². The van der Waals surface area contributed by atoms with Gasteiger partial charge in [-0.05, 0) is 24.5 Å². The zero-order chi connectivity index (χ0) is 14.7. The van der Waals surface area contributed by atoms with Crippen LogP contribution in [0, 0.1) is 5.92 Å². The van der Waals surface area contributed by atoms with Gasteiger partial charge < -0.3 is 10.3 Å². The standard InChI is InChI=1S/C18H25N3/c1-2-13-21-16-10-6-9-15(19)18(16)20-17(21)12-11-14-7-4-3-5-8-14/h2,6,9-10,14H,1,3-5,7-8,11-13,19H2. The van der Waals surface area contributed by atoms with Crippen LogP contribution in [0.5, 0.6) is 0 Å². The summed E-state index contributed by atoms with van der Waals surface area (Å²) < 4.78 is 2.27. The van der Waals surface area contributed by atoms with Crippen LogP contribution in [0.4, 0.5) is 5.69 Å². The fraction of sp³-hybridized carbons (Fsp3) is 0.500. The van der Waals surface area contributed by atoms with E-state index in [0.717, 1.165) is 41.4 Å². The number of nitrogens with zero attached hydrogens (tertiary/aromatic N) is 2. The molecule has 1 fully saturated rings. The van der Waals surface area contributed by atoms with Gasteiger partial charge in [0.25, 0.3) is 0 Å². The van der Waals surface area contributed by atoms with E-state index in [9.17, 15) is 0 Å². The lowest BCUT2D eigenvalue weighted by molar-refractivity contribution is 0.336. The van der Waals surface area contributed by atoms with Crippen LogP contribution in [0.3, 0.4) is 0 Å². The second-order valence-electron chi connectivity index (χ2n) is 6.18. The third kappa shape index (κ3) is 2.97. The third-order valence-corrected chi connectivity index (χ3v) is 4.70. The maximum Gasteiger partial charge on any atom is 0.112 e. The minimum absolute atomic E-state index is 0.772. The number of allylic oxidation sites excluding steroid dienone is 1. The Morgan fingerprint density at radius 2 is 2.10 bits per heavy atom. The molecule has 2 N–H and O–H groups in total. The van der Waals surface area contributed by atoms with E-state index in [1.165, 1.54) is 38.5 Å². The highest BCUT2D eigenvalue weighted by Gasteiger charge is 2.16. The molecule has 0 spiro atoms. The zero-order valence-electron chi connectivity index (χ0n) is 12.7. The van der Waals surface area contributed by atoms with Crippen LogP contribution in [-0.2, 0) is 13.0 Å². The number of anilines is 1. The highest BCUT2D eigenvalue weighted by atomic mass is 15.1. The average Bonchev–Trinajstić information content (AvgIpc) is 2.86. The largest absolute Gasteiger partial charge is 0.397 e. The summed E-state index contributed by atoms with van der Waals surface area (Å²) >= 11 is 0. The summed E-state index contributed by atoms with van der Waals surface area (Å²) in [4.78, 5) is 4.81. The van der Waals surface area contributed by atoms with Crippen LogP contribution in [0.2, 0.25) is 0 Å². The SMILES string of the molecule is C=CCn1c(CCC2CCCCC2)nc2c(N)cccc21. The second kappa shape index (κ2) is 6.33. The van der Waals surface area contributed by atoms with Crippen molar-refractivity contribution in [1.29, 1.82) is 0 Å². The number of hydrogen-bond acceptors (Lipinski definition) is 2. The van der Waals surface area contributed by atoms with Crippen molar-refractivity contribution in [2.75, 3.05) is 5.73 Å². The van der Waals surface area contributed by atoms with Gasteiger partial charge in [-0.1, -0.05) is 44.2 Å². The Bertz CT molecular complexity index is 621. The van der Waals surface area contributed by atoms with Gasteiger partial charge in [-0.15, -0.1) is 6.58 Å². The summed E-state index contributed by atoms with van der Waals surface area (Å²) in [7, 11) is 0. The maximum atomic E-state index is 6.07. The fourth-order valence-electron chi connectivity index (χ4n) is 3.55. The smallest absolute Gasteiger partial charge is 0.112 e. The predicted molar refractivity (Wildman–Crippen MR) is 89.2 cm³/mol. The molecule has 1 aliphatic carbocycles. The zero-order valence-corrected chi connectivity index (χ0v) is 12.7. The summed E-state index contributed by atoms with van der Waals surface area (Å²) in [6.45, 7) is 4.68. The van der Waals surface area contributed by atoms with Gasteiger partial charge in [0, 0.05) is 13.0 Å². The number of hydrogen-bond donors (Lipinski definition) is 1. The lowest BCUT2D eigenvalue weighted by Gasteiger charge is -2.21. The molecule has 0 bridgehead atoms. The van der Waals surface area contributed by atoms with Crippen LogP contribution >= 0.6 is 0 Å². The van der Waals surface area contributed by atoms with E-state index >= 15 is 0 Å². The van der Waals surface area contributed by atoms with Gasteiger partial charge >= 0.3 is 0 Å². The van der Waals surface area contributed by atoms with Crippen LogP contribution in [0.15, 0.2) is 30.9 Å². The first-order valence-corrected chi connectivity index (χ1v) is 8.14. The molecule has 3 nitrogen and oxygen atoms in total. The van der Waals surface area contributed by atoms with Gasteiger partial charge in [-0.25, -0.2) is 4.98 Å². The molecular formula is C18H25N3. The fourth-order valence-corrected chi connectivity index (χ4v) is 3.55. The van der Waals surface area contributed by atoms with E-state index in [1.807, 2.05) is 18.2 Å². The van der Waals surface area contributed by atoms with Crippen LogP contribution in [0.1, 0.15) is 44.3 Å². The van der Waals surface area contributed by atoms with Crippen LogP contribution in [0.25, 0.3) is 11.0 Å². The van der Waals surface area contributed by atoms with Crippen molar-refractivity contribution in [2.24, 2.45) is 5.92 Å². The molecule has 0 aliphatic heterocycles. The molecule has 1 aromatic carbocycles. The Morgan fingerprint density at radius 3 is 2.86 bits per heavy atom. The molecule has 1 saturated carbocycles. The Hall–Kier alpha value is -1.77. The van der Waals surface area contributed by atoms with Gasteiger partial charge in [-0.2, -0.15) is 0 Å². The van der Waals surface area contributed by atoms with Gasteiger partial charge in [0.15, 0.2) is 0 Å². The minimum Gasteiger partial charge on any atom is -0.397 e. The molecule has 0 saturated heterocycles. The number of para-hydroxylation sites is 1. The van der Waals surface area contributed by atoms with Gasteiger partial charge in [0.2, 0.25) is 0 Å². The second-order valence-corrected chi connectivity index (χ2v) is 6.18. The molecule has 0 radical (unpaired) electrons. The molecule has 3 heteroatoms. The van der Waals surface area contributed by atoms with E-state index in [1.54, 1.807) is 0 Å². The number of rotatable bonds is 5. The van der Waals surface area contributed by atoms with Crippen molar-refractivity contribution in [3.63, 3.8) is 0 Å². The maximum absolute atomic E-state index is 6.07. The highest BCUT2D eigenvalue weighted by Crippen LogP contribution is 2.29. The summed E-state index contributed by atoms with van der Waals surface area (Å²) in [6, 6.07) is 6.04. The number of benzene rings is 1. The van der Waals surface area contributed by atoms with Crippen LogP contribution in [-0.4, -0.2) is 9.55 Å². The topological polar surface area (TPSA) is 43.8 Å². The number of nitrogen functional groups attached to an aromatic ring is 1. The normalized spacial score (nSPS) is 16.4. The van der Waals surface area contributed by atoms with E-state index in [0.29, 0.717) is 0 Å². The first-order chi connectivity index (χ1) is 10.3. The van der Waals surface area contributed by atoms with Crippen molar-refractivity contribution in [3.8, 4) is 0 Å². The summed E-state index contributed by atoms with van der Waals surface area (Å²) in [5.74, 6) is 2.04. The molecule has 1 aromatic heterocycles. The predicted octanol–water partition coefficient (Wildman–Crippen LogP) is 4.32. The number of imidazole rings is 1. The lowest BCUT2D eigenvalue weighted by Crippen LogP contribution is -2.10. The summed E-state index contributed by atoms with van der Waals surface area (Å²) in [5, 5.41) is 0. The van der Waals surface area contributed by atoms with E-state index in [4.69, 9.17) is 10.7 Å². The molecule has 2 aromatic rings. The molecule has 1 aliphatic rings. The van der Waals surface area contributed by atoms with Crippen LogP contribution < -0.4 is 5.73 Å². The number of fused-ring (bicyclic) bond motifs is 1. The monoisotopic (exact) mass is 283 g/mol. The van der Waals surface area contributed by atoms with Crippen molar-refractivity contribution < 1.29 is 0 Å². The summed E-state index contributed by atoms with van der Waals surface area (Å²) in [6.07, 6.45) is 11.2. The van der Waals surface area contributed by atoms with Gasteiger partial charge in [-0.3, -0.25) is 0 Å². The number of nitrogens with two attached hydrogens (primary N) is 1. The van der Waals surface area contributed by atoms with Crippen molar-refractivity contribution >= 4 is 16.7 Å². The molecule has 0 atom stereocenters. The Balaban J connectivity index is 1.84. The van der Waals surface area contributed by atoms with Crippen molar-refractivity contribution in [1.82, 2.24) is 9.55 Å². The first kappa shape index (κ1) is 14.2. The quantitative estimate of drug-likeness (QED) is 0.656.